The van der Waals surface area contributed by atoms with Crippen molar-refractivity contribution in [2.24, 2.45) is 0 Å². The Morgan fingerprint density at radius 3 is 2.90 bits per heavy atom. The molecule has 0 saturated carbocycles. The molecule has 0 aliphatic heterocycles. The van der Waals surface area contributed by atoms with Gasteiger partial charge in [0.25, 0.3) is 0 Å². The molecule has 0 bridgehead atoms. The predicted molar refractivity (Wildman–Crippen MR) is 36.1 cm³/mol. The normalized spacial score (nSPS) is 9.40. The van der Waals surface area contributed by atoms with E-state index in [9.17, 15) is 4.39 Å². The molecule has 0 fully saturated rings. The van der Waals surface area contributed by atoms with E-state index in [2.05, 4.69) is 9.72 Å². The number of ether oxygens (including phenoxy) is 1. The molecule has 2 radical (unpaired) electrons. The summed E-state index contributed by atoms with van der Waals surface area (Å²) in [5, 5.41) is 0. The first kappa shape index (κ1) is 7.06. The van der Waals surface area contributed by atoms with Crippen molar-refractivity contribution in [3.63, 3.8) is 0 Å². The van der Waals surface area contributed by atoms with Crippen molar-refractivity contribution in [3.8, 4) is 5.75 Å². The van der Waals surface area contributed by atoms with Crippen LogP contribution in [-0.2, 0) is 0 Å². The van der Waals surface area contributed by atoms with Crippen molar-refractivity contribution in [2.45, 2.75) is 0 Å². The fourth-order valence-corrected chi connectivity index (χ4v) is 0.592. The summed E-state index contributed by atoms with van der Waals surface area (Å²) in [6, 6.07) is 1.33. The SMILES string of the molecule is [B]c1cc(OC)c(F)cn1. The Morgan fingerprint density at radius 1 is 1.70 bits per heavy atom. The summed E-state index contributed by atoms with van der Waals surface area (Å²) in [6.07, 6.45) is 1.02. The van der Waals surface area contributed by atoms with E-state index in [-0.39, 0.29) is 11.3 Å². The second-order valence-electron chi connectivity index (χ2n) is 1.74. The Bertz CT molecular complexity index is 241. The first-order chi connectivity index (χ1) is 4.74. The number of methoxy groups -OCH3 is 1. The molecule has 0 saturated heterocycles. The average Bonchev–Trinajstić information content (AvgIpc) is 1.94. The number of aromatic nitrogens is 1. The summed E-state index contributed by atoms with van der Waals surface area (Å²) in [4.78, 5) is 3.51. The minimum Gasteiger partial charge on any atom is -0.494 e. The molecule has 1 aromatic heterocycles. The van der Waals surface area contributed by atoms with Crippen LogP contribution in [0.4, 0.5) is 4.39 Å². The van der Waals surface area contributed by atoms with Crippen LogP contribution in [0.2, 0.25) is 0 Å². The lowest BCUT2D eigenvalue weighted by Gasteiger charge is -2.00. The van der Waals surface area contributed by atoms with Crippen molar-refractivity contribution in [3.05, 3.63) is 18.1 Å². The Morgan fingerprint density at radius 2 is 2.40 bits per heavy atom. The van der Waals surface area contributed by atoms with Crippen LogP contribution < -0.4 is 10.3 Å². The van der Waals surface area contributed by atoms with Gasteiger partial charge in [-0.15, -0.1) is 0 Å². The second kappa shape index (κ2) is 2.69. The summed E-state index contributed by atoms with van der Waals surface area (Å²) in [7, 11) is 6.62. The van der Waals surface area contributed by atoms with Crippen LogP contribution in [0.1, 0.15) is 0 Å². The molecule has 0 aliphatic rings. The zero-order valence-corrected chi connectivity index (χ0v) is 5.47. The Labute approximate surface area is 59.4 Å². The van der Waals surface area contributed by atoms with Crippen LogP contribution in [-0.4, -0.2) is 19.9 Å². The molecule has 10 heavy (non-hydrogen) atoms. The number of rotatable bonds is 1. The molecule has 0 atom stereocenters. The Balaban J connectivity index is 3.09. The molecular weight excluding hydrogens is 132 g/mol. The van der Waals surface area contributed by atoms with Crippen LogP contribution in [0.3, 0.4) is 0 Å². The standard InChI is InChI=1S/C6H5BFNO/c1-10-5-2-6(7)9-3-4(5)8/h2-3H,1H3. The molecule has 0 aliphatic carbocycles. The van der Waals surface area contributed by atoms with E-state index in [1.807, 2.05) is 0 Å². The molecule has 1 heterocycles. The summed E-state index contributed by atoms with van der Waals surface area (Å²) < 4.78 is 17.2. The predicted octanol–water partition coefficient (Wildman–Crippen LogP) is 0.0231. The summed E-state index contributed by atoms with van der Waals surface area (Å²) in [6.45, 7) is 0. The van der Waals surface area contributed by atoms with Crippen LogP contribution in [0.5, 0.6) is 5.75 Å². The molecule has 1 rings (SSSR count). The van der Waals surface area contributed by atoms with Gasteiger partial charge >= 0.3 is 0 Å². The minimum atomic E-state index is -0.503. The van der Waals surface area contributed by atoms with Gasteiger partial charge < -0.3 is 4.74 Å². The van der Waals surface area contributed by atoms with Crippen molar-refractivity contribution >= 4 is 13.4 Å². The molecule has 1 aromatic rings. The molecule has 0 aromatic carbocycles. The molecule has 50 valence electrons. The lowest BCUT2D eigenvalue weighted by molar-refractivity contribution is 0.386. The van der Waals surface area contributed by atoms with Gasteiger partial charge in [-0.25, -0.2) is 4.39 Å². The Kier molecular flexibility index (Phi) is 1.90. The highest BCUT2D eigenvalue weighted by Gasteiger charge is 2.00. The third kappa shape index (κ3) is 1.26. The van der Waals surface area contributed by atoms with Crippen molar-refractivity contribution in [2.75, 3.05) is 7.11 Å². The summed E-state index contributed by atoms with van der Waals surface area (Å²) >= 11 is 0. The van der Waals surface area contributed by atoms with E-state index in [1.54, 1.807) is 0 Å². The number of pyridine rings is 1. The van der Waals surface area contributed by atoms with Gasteiger partial charge in [-0.05, 0) is 11.7 Å². The highest BCUT2D eigenvalue weighted by molar-refractivity contribution is 6.30. The zero-order chi connectivity index (χ0) is 7.56. The second-order valence-corrected chi connectivity index (χ2v) is 1.74. The largest absolute Gasteiger partial charge is 0.494 e. The van der Waals surface area contributed by atoms with Gasteiger partial charge in [0.1, 0.15) is 7.85 Å². The highest BCUT2D eigenvalue weighted by Crippen LogP contribution is 2.10. The van der Waals surface area contributed by atoms with E-state index >= 15 is 0 Å². The quantitative estimate of drug-likeness (QED) is 0.509. The minimum absolute atomic E-state index is 0.118. The maximum Gasteiger partial charge on any atom is 0.183 e. The maximum atomic E-state index is 12.5. The third-order valence-electron chi connectivity index (χ3n) is 1.06. The van der Waals surface area contributed by atoms with E-state index in [1.165, 1.54) is 13.2 Å². The van der Waals surface area contributed by atoms with Crippen molar-refractivity contribution in [1.82, 2.24) is 4.98 Å². The van der Waals surface area contributed by atoms with Gasteiger partial charge in [0.2, 0.25) is 0 Å². The maximum absolute atomic E-state index is 12.5. The van der Waals surface area contributed by atoms with Gasteiger partial charge in [0.15, 0.2) is 11.6 Å². The molecule has 0 N–H and O–H groups in total. The van der Waals surface area contributed by atoms with Crippen molar-refractivity contribution < 1.29 is 9.13 Å². The van der Waals surface area contributed by atoms with Gasteiger partial charge in [-0.2, -0.15) is 0 Å². The zero-order valence-electron chi connectivity index (χ0n) is 5.47. The third-order valence-corrected chi connectivity index (χ3v) is 1.06. The van der Waals surface area contributed by atoms with Gasteiger partial charge in [0.05, 0.1) is 13.3 Å². The van der Waals surface area contributed by atoms with Crippen LogP contribution in [0, 0.1) is 5.82 Å². The molecule has 2 nitrogen and oxygen atoms in total. The fourth-order valence-electron chi connectivity index (χ4n) is 0.592. The molecule has 4 heteroatoms. The monoisotopic (exact) mass is 137 g/mol. The molecule has 0 spiro atoms. The summed E-state index contributed by atoms with van der Waals surface area (Å²) in [5.41, 5.74) is 0.248. The number of halogens is 1. The van der Waals surface area contributed by atoms with Gasteiger partial charge in [-0.3, -0.25) is 4.98 Å². The fraction of sp³-hybridized carbons (Fsp3) is 0.167. The van der Waals surface area contributed by atoms with Crippen LogP contribution >= 0.6 is 0 Å². The highest BCUT2D eigenvalue weighted by atomic mass is 19.1. The lowest BCUT2D eigenvalue weighted by atomic mass is 10.0. The Hall–Kier alpha value is -1.06. The van der Waals surface area contributed by atoms with E-state index < -0.39 is 5.82 Å². The average molecular weight is 137 g/mol. The van der Waals surface area contributed by atoms with Crippen LogP contribution in [0.25, 0.3) is 0 Å². The number of nitrogens with zero attached hydrogens (tertiary/aromatic N) is 1. The van der Waals surface area contributed by atoms with Crippen LogP contribution in [0.15, 0.2) is 12.3 Å². The van der Waals surface area contributed by atoms with Gasteiger partial charge in [0, 0.05) is 0 Å². The molecule has 0 amide bonds. The molecular formula is C6H5BFNO. The smallest absolute Gasteiger partial charge is 0.183 e. The van der Waals surface area contributed by atoms with Gasteiger partial charge in [-0.1, -0.05) is 0 Å². The number of hydrogen-bond acceptors (Lipinski definition) is 2. The summed E-state index contributed by atoms with van der Waals surface area (Å²) in [5.74, 6) is -0.385. The van der Waals surface area contributed by atoms with Crippen molar-refractivity contribution in [1.29, 1.82) is 0 Å². The number of hydrogen-bond donors (Lipinski definition) is 0. The first-order valence-corrected chi connectivity index (χ1v) is 2.69. The van der Waals surface area contributed by atoms with E-state index in [4.69, 9.17) is 7.85 Å². The first-order valence-electron chi connectivity index (χ1n) is 2.69. The molecule has 0 unspecified atom stereocenters. The topological polar surface area (TPSA) is 22.1 Å². The van der Waals surface area contributed by atoms with E-state index in [0.717, 1.165) is 6.20 Å². The van der Waals surface area contributed by atoms with E-state index in [0.29, 0.717) is 0 Å². The lowest BCUT2D eigenvalue weighted by Crippen LogP contribution is -2.08.